The molecule has 0 aromatic heterocycles. The molecule has 1 aliphatic rings. The summed E-state index contributed by atoms with van der Waals surface area (Å²) in [7, 11) is 0. The zero-order valence-corrected chi connectivity index (χ0v) is 10.8. The fourth-order valence-electron chi connectivity index (χ4n) is 0.879. The smallest absolute Gasteiger partial charge is 1.00 e. The van der Waals surface area contributed by atoms with E-state index >= 15 is 0 Å². The Morgan fingerprint density at radius 1 is 1.50 bits per heavy atom. The fourth-order valence-corrected chi connectivity index (χ4v) is 0.879. The third kappa shape index (κ3) is 7.34. The maximum atomic E-state index is 3.66. The maximum Gasteiger partial charge on any atom is 3.00 e. The molecule has 65 valence electrons. The van der Waals surface area contributed by atoms with Crippen LogP contribution in [0.25, 0.3) is 0 Å². The molecule has 1 radical (unpaired) electrons. The number of rotatable bonds is 3. The Hall–Kier alpha value is 0.683. The van der Waals surface area contributed by atoms with Gasteiger partial charge in [0.15, 0.2) is 0 Å². The van der Waals surface area contributed by atoms with Crippen LogP contribution in [0.1, 0.15) is 19.3 Å². The first-order valence-corrected chi connectivity index (χ1v) is 3.30. The minimum Gasteiger partial charge on any atom is -1.00 e. The average molecular weight is 281 g/mol. The van der Waals surface area contributed by atoms with E-state index in [2.05, 4.69) is 24.8 Å². The molecule has 0 bridgehead atoms. The number of allylic oxidation sites excluding steroid dienone is 5. The van der Waals surface area contributed by atoms with Crippen molar-refractivity contribution >= 4 is 0 Å². The molecular weight excluding hydrogens is 270 g/mol. The summed E-state index contributed by atoms with van der Waals surface area (Å²) in [5, 5.41) is 0. The van der Waals surface area contributed by atoms with Crippen LogP contribution in [-0.4, -0.2) is 0 Å². The molecule has 0 aromatic carbocycles. The van der Waals surface area contributed by atoms with Gasteiger partial charge >= 0.3 is 26.2 Å². The molecule has 12 heavy (non-hydrogen) atoms. The summed E-state index contributed by atoms with van der Waals surface area (Å²) in [5.74, 6) is 0. The summed E-state index contributed by atoms with van der Waals surface area (Å²) in [6.07, 6.45) is 12.7. The zero-order valence-electron chi connectivity index (χ0n) is 6.82. The van der Waals surface area contributed by atoms with Gasteiger partial charge in [-0.2, -0.15) is 6.08 Å². The molecule has 0 unspecified atom stereocenters. The van der Waals surface area contributed by atoms with Crippen LogP contribution in [0.5, 0.6) is 0 Å². The van der Waals surface area contributed by atoms with Crippen molar-refractivity contribution in [2.45, 2.75) is 19.3 Å². The van der Waals surface area contributed by atoms with Crippen LogP contribution in [0.4, 0.5) is 0 Å². The second-order valence-electron chi connectivity index (χ2n) is 2.14. The summed E-state index contributed by atoms with van der Waals surface area (Å²) in [5.41, 5.74) is 1.34. The minimum absolute atomic E-state index is 0. The Morgan fingerprint density at radius 2 is 2.17 bits per heavy atom. The molecule has 3 heteroatoms. The van der Waals surface area contributed by atoms with E-state index in [1.165, 1.54) is 5.57 Å². The van der Waals surface area contributed by atoms with Gasteiger partial charge in [-0.15, -0.1) is 13.0 Å². The Kier molecular flexibility index (Phi) is 18.0. The molecule has 0 saturated carbocycles. The Labute approximate surface area is 106 Å². The van der Waals surface area contributed by atoms with Gasteiger partial charge in [-0.25, -0.2) is 11.6 Å². The number of hydrogen-bond donors (Lipinski definition) is 0. The molecule has 0 saturated heterocycles. The monoisotopic (exact) mass is 279 g/mol. The largest absolute Gasteiger partial charge is 3.00 e. The van der Waals surface area contributed by atoms with Crippen molar-refractivity contribution in [1.82, 2.24) is 0 Å². The third-order valence-electron chi connectivity index (χ3n) is 1.38. The zero-order chi connectivity index (χ0) is 6.53. The van der Waals surface area contributed by atoms with Crippen molar-refractivity contribution in [1.29, 1.82) is 0 Å². The fraction of sp³-hybridized carbons (Fsp3) is 0.333. The van der Waals surface area contributed by atoms with E-state index in [9.17, 15) is 0 Å². The normalized spacial score (nSPS) is 11.8. The van der Waals surface area contributed by atoms with Gasteiger partial charge in [0.05, 0.1) is 0 Å². The Bertz CT molecular complexity index is 162. The van der Waals surface area contributed by atoms with E-state index in [0.717, 1.165) is 19.3 Å². The molecule has 0 aliphatic heterocycles. The van der Waals surface area contributed by atoms with E-state index in [0.29, 0.717) is 0 Å². The third-order valence-corrected chi connectivity index (χ3v) is 1.38. The molecule has 0 amide bonds. The standard InChI is InChI=1S/C9H11.2ClH.Zr/c1-2-3-6-9-7-4-5-8-9;;;/h2,4,7H,1,3,5-6H2;2*1H;/q-1;;;+3/p-2. The van der Waals surface area contributed by atoms with E-state index in [-0.39, 0.29) is 51.0 Å². The van der Waals surface area contributed by atoms with E-state index in [1.54, 1.807) is 0 Å². The van der Waals surface area contributed by atoms with Crippen LogP contribution < -0.4 is 24.8 Å². The maximum absolute atomic E-state index is 3.66. The van der Waals surface area contributed by atoms with Gasteiger partial charge in [0, 0.05) is 0 Å². The summed E-state index contributed by atoms with van der Waals surface area (Å²) in [6.45, 7) is 3.66. The van der Waals surface area contributed by atoms with Crippen molar-refractivity contribution in [2.75, 3.05) is 0 Å². The van der Waals surface area contributed by atoms with Crippen molar-refractivity contribution in [3.05, 3.63) is 36.5 Å². The van der Waals surface area contributed by atoms with Crippen molar-refractivity contribution in [2.24, 2.45) is 0 Å². The first-order valence-electron chi connectivity index (χ1n) is 3.30. The van der Waals surface area contributed by atoms with Gasteiger partial charge < -0.3 is 24.8 Å². The quantitative estimate of drug-likeness (QED) is 0.375. The summed E-state index contributed by atoms with van der Waals surface area (Å²) in [6, 6.07) is 0. The van der Waals surface area contributed by atoms with Crippen LogP contribution in [0.2, 0.25) is 0 Å². The van der Waals surface area contributed by atoms with Crippen molar-refractivity contribution in [3.8, 4) is 0 Å². The van der Waals surface area contributed by atoms with Gasteiger partial charge in [-0.1, -0.05) is 12.5 Å². The molecular formula is C9H11Cl2Zr. The summed E-state index contributed by atoms with van der Waals surface area (Å²) in [4.78, 5) is 0. The van der Waals surface area contributed by atoms with Crippen LogP contribution in [0.15, 0.2) is 30.4 Å². The molecule has 1 rings (SSSR count). The topological polar surface area (TPSA) is 0 Å². The van der Waals surface area contributed by atoms with E-state index in [1.807, 2.05) is 6.08 Å². The molecule has 0 fully saturated rings. The predicted octanol–water partition coefficient (Wildman–Crippen LogP) is -3.35. The molecule has 0 atom stereocenters. The van der Waals surface area contributed by atoms with Gasteiger partial charge in [0.1, 0.15) is 0 Å². The van der Waals surface area contributed by atoms with Gasteiger partial charge in [-0.3, -0.25) is 6.08 Å². The summed E-state index contributed by atoms with van der Waals surface area (Å²) < 4.78 is 0. The molecule has 0 heterocycles. The number of halogens is 2. The van der Waals surface area contributed by atoms with Crippen molar-refractivity contribution < 1.29 is 51.0 Å². The SMILES string of the molecule is C=CCCC1=[C-]CC=C1.[Cl-].[Cl-].[Zr+3]. The van der Waals surface area contributed by atoms with Crippen LogP contribution in [0.3, 0.4) is 0 Å². The van der Waals surface area contributed by atoms with Crippen LogP contribution >= 0.6 is 0 Å². The van der Waals surface area contributed by atoms with Crippen LogP contribution in [0, 0.1) is 6.08 Å². The van der Waals surface area contributed by atoms with Gasteiger partial charge in [0.25, 0.3) is 0 Å². The van der Waals surface area contributed by atoms with E-state index < -0.39 is 0 Å². The number of hydrogen-bond acceptors (Lipinski definition) is 0. The van der Waals surface area contributed by atoms with Crippen LogP contribution in [-0.2, 0) is 26.2 Å². The summed E-state index contributed by atoms with van der Waals surface area (Å²) >= 11 is 0. The van der Waals surface area contributed by atoms with E-state index in [4.69, 9.17) is 0 Å². The first kappa shape index (κ1) is 18.5. The predicted molar refractivity (Wildman–Crippen MR) is 39.9 cm³/mol. The molecule has 0 spiro atoms. The van der Waals surface area contributed by atoms with Gasteiger partial charge in [0.2, 0.25) is 0 Å². The molecule has 0 aromatic rings. The second-order valence-corrected chi connectivity index (χ2v) is 2.14. The Morgan fingerprint density at radius 3 is 2.58 bits per heavy atom. The Balaban J connectivity index is -0.000000270. The average Bonchev–Trinajstić information content (AvgIpc) is 2.34. The van der Waals surface area contributed by atoms with Crippen molar-refractivity contribution in [3.63, 3.8) is 0 Å². The minimum atomic E-state index is 0. The molecule has 0 N–H and O–H groups in total. The second kappa shape index (κ2) is 11.7. The first-order chi connectivity index (χ1) is 4.43. The molecule has 1 aliphatic carbocycles. The van der Waals surface area contributed by atoms with Gasteiger partial charge in [-0.05, 0) is 6.42 Å². The molecule has 0 nitrogen and oxygen atoms in total.